The quantitative estimate of drug-likeness (QED) is 0.874. The predicted octanol–water partition coefficient (Wildman–Crippen LogP) is 2.10. The van der Waals surface area contributed by atoms with E-state index >= 15 is 0 Å². The fourth-order valence-electron chi connectivity index (χ4n) is 2.73. The van der Waals surface area contributed by atoms with Gasteiger partial charge in [-0.15, -0.1) is 0 Å². The number of carbonyl (C=O) groups is 1. The van der Waals surface area contributed by atoms with Gasteiger partial charge >= 0.3 is 5.97 Å². The second kappa shape index (κ2) is 7.71. The van der Waals surface area contributed by atoms with E-state index in [1.807, 2.05) is 36.5 Å². The zero-order chi connectivity index (χ0) is 16.8. The Balaban J connectivity index is 1.64. The first-order valence-corrected chi connectivity index (χ1v) is 8.07. The number of rotatable bonds is 4. The molecule has 24 heavy (non-hydrogen) atoms. The number of aliphatic carboxylic acids is 1. The standard InChI is InChI=1S/C19H19N3O2/c23-19(24)7-4-11-22-12-10-17-16(14-22)13-20-18(21-17)9-8-15-5-2-1-3-6-15/h1-3,5-6,13H,4,7,10-12,14H2,(H,23,24). The van der Waals surface area contributed by atoms with Gasteiger partial charge in [0.1, 0.15) is 0 Å². The highest BCUT2D eigenvalue weighted by molar-refractivity contribution is 5.66. The van der Waals surface area contributed by atoms with Gasteiger partial charge in [0.2, 0.25) is 5.82 Å². The molecule has 0 bridgehead atoms. The molecule has 0 amide bonds. The van der Waals surface area contributed by atoms with Crippen LogP contribution in [0.2, 0.25) is 0 Å². The molecule has 0 radical (unpaired) electrons. The van der Waals surface area contributed by atoms with E-state index in [1.165, 1.54) is 0 Å². The fraction of sp³-hybridized carbons (Fsp3) is 0.316. The number of benzene rings is 1. The summed E-state index contributed by atoms with van der Waals surface area (Å²) in [6.07, 6.45) is 3.59. The van der Waals surface area contributed by atoms with Gasteiger partial charge in [-0.25, -0.2) is 9.97 Å². The Kier molecular flexibility index (Phi) is 5.19. The van der Waals surface area contributed by atoms with Crippen LogP contribution >= 0.6 is 0 Å². The van der Waals surface area contributed by atoms with Crippen molar-refractivity contribution in [2.24, 2.45) is 0 Å². The molecule has 0 atom stereocenters. The van der Waals surface area contributed by atoms with E-state index < -0.39 is 5.97 Å². The first-order chi connectivity index (χ1) is 11.7. The summed E-state index contributed by atoms with van der Waals surface area (Å²) in [5.74, 6) is 5.91. The zero-order valence-corrected chi connectivity index (χ0v) is 13.4. The zero-order valence-electron chi connectivity index (χ0n) is 13.4. The Hall–Kier alpha value is -2.71. The van der Waals surface area contributed by atoms with Gasteiger partial charge in [0, 0.05) is 43.3 Å². The Morgan fingerprint density at radius 3 is 2.88 bits per heavy atom. The van der Waals surface area contributed by atoms with Crippen molar-refractivity contribution in [1.29, 1.82) is 0 Å². The first-order valence-electron chi connectivity index (χ1n) is 8.07. The third kappa shape index (κ3) is 4.40. The van der Waals surface area contributed by atoms with Gasteiger partial charge in [0.25, 0.3) is 0 Å². The second-order valence-corrected chi connectivity index (χ2v) is 5.81. The summed E-state index contributed by atoms with van der Waals surface area (Å²) in [6.45, 7) is 2.47. The van der Waals surface area contributed by atoms with Crippen molar-refractivity contribution < 1.29 is 9.90 Å². The molecule has 1 aliphatic heterocycles. The Bertz CT molecular complexity index is 778. The van der Waals surface area contributed by atoms with Crippen LogP contribution < -0.4 is 0 Å². The van der Waals surface area contributed by atoms with Crippen LogP contribution in [0, 0.1) is 11.8 Å². The van der Waals surface area contributed by atoms with E-state index in [-0.39, 0.29) is 6.42 Å². The molecule has 0 saturated heterocycles. The molecule has 0 unspecified atom stereocenters. The SMILES string of the molecule is O=C(O)CCCN1CCc2nc(C#Cc3ccccc3)ncc2C1. The lowest BCUT2D eigenvalue weighted by molar-refractivity contribution is -0.137. The summed E-state index contributed by atoms with van der Waals surface area (Å²) >= 11 is 0. The van der Waals surface area contributed by atoms with E-state index in [1.54, 1.807) is 0 Å². The molecule has 2 heterocycles. The molecule has 0 fully saturated rings. The van der Waals surface area contributed by atoms with Crippen molar-refractivity contribution in [3.05, 3.63) is 59.2 Å². The van der Waals surface area contributed by atoms with Crippen LogP contribution in [0.1, 0.15) is 35.5 Å². The van der Waals surface area contributed by atoms with Crippen LogP contribution in [0.4, 0.5) is 0 Å². The molecule has 0 aliphatic carbocycles. The maximum atomic E-state index is 10.6. The Labute approximate surface area is 141 Å². The minimum atomic E-state index is -0.739. The number of carboxylic acids is 1. The number of hydrogen-bond donors (Lipinski definition) is 1. The molecule has 1 N–H and O–H groups in total. The van der Waals surface area contributed by atoms with Gasteiger partial charge in [0.05, 0.1) is 5.69 Å². The minimum Gasteiger partial charge on any atom is -0.481 e. The van der Waals surface area contributed by atoms with Crippen LogP contribution in [0.25, 0.3) is 0 Å². The van der Waals surface area contributed by atoms with Crippen molar-refractivity contribution in [2.45, 2.75) is 25.8 Å². The summed E-state index contributed by atoms with van der Waals surface area (Å²) in [4.78, 5) is 21.8. The number of nitrogens with zero attached hydrogens (tertiary/aromatic N) is 3. The molecule has 3 rings (SSSR count). The number of aromatic nitrogens is 2. The average molecular weight is 321 g/mol. The lowest BCUT2D eigenvalue weighted by Crippen LogP contribution is -2.32. The molecule has 122 valence electrons. The average Bonchev–Trinajstić information content (AvgIpc) is 2.60. The summed E-state index contributed by atoms with van der Waals surface area (Å²) in [5.41, 5.74) is 3.11. The lowest BCUT2D eigenvalue weighted by atomic mass is 10.1. The van der Waals surface area contributed by atoms with Gasteiger partial charge in [-0.2, -0.15) is 0 Å². The van der Waals surface area contributed by atoms with Gasteiger partial charge in [0.15, 0.2) is 0 Å². The highest BCUT2D eigenvalue weighted by atomic mass is 16.4. The number of fused-ring (bicyclic) bond motifs is 1. The predicted molar refractivity (Wildman–Crippen MR) is 90.3 cm³/mol. The number of carboxylic acid groups (broad SMARTS) is 1. The third-order valence-corrected chi connectivity index (χ3v) is 3.97. The molecule has 1 aromatic carbocycles. The highest BCUT2D eigenvalue weighted by Gasteiger charge is 2.18. The van der Waals surface area contributed by atoms with Crippen molar-refractivity contribution in [2.75, 3.05) is 13.1 Å². The smallest absolute Gasteiger partial charge is 0.303 e. The van der Waals surface area contributed by atoms with Crippen molar-refractivity contribution >= 4 is 5.97 Å². The van der Waals surface area contributed by atoms with Gasteiger partial charge in [-0.3, -0.25) is 9.69 Å². The molecule has 0 saturated carbocycles. The largest absolute Gasteiger partial charge is 0.481 e. The molecular formula is C19H19N3O2. The molecule has 5 heteroatoms. The normalized spacial score (nSPS) is 13.7. The maximum Gasteiger partial charge on any atom is 0.303 e. The molecule has 1 aliphatic rings. The van der Waals surface area contributed by atoms with Crippen LogP contribution in [0.5, 0.6) is 0 Å². The summed E-state index contributed by atoms with van der Waals surface area (Å²) in [6, 6.07) is 9.79. The van der Waals surface area contributed by atoms with Crippen LogP contribution in [0.15, 0.2) is 36.5 Å². The molecule has 0 spiro atoms. The highest BCUT2D eigenvalue weighted by Crippen LogP contribution is 2.16. The Morgan fingerprint density at radius 1 is 1.25 bits per heavy atom. The third-order valence-electron chi connectivity index (χ3n) is 3.97. The fourth-order valence-corrected chi connectivity index (χ4v) is 2.73. The summed E-state index contributed by atoms with van der Waals surface area (Å²) in [7, 11) is 0. The molecular weight excluding hydrogens is 302 g/mol. The van der Waals surface area contributed by atoms with E-state index in [0.717, 1.165) is 42.9 Å². The second-order valence-electron chi connectivity index (χ2n) is 5.81. The lowest BCUT2D eigenvalue weighted by Gasteiger charge is -2.27. The molecule has 5 nitrogen and oxygen atoms in total. The van der Waals surface area contributed by atoms with Gasteiger partial charge in [-0.05, 0) is 31.0 Å². The van der Waals surface area contributed by atoms with Gasteiger partial charge in [-0.1, -0.05) is 24.1 Å². The van der Waals surface area contributed by atoms with E-state index in [2.05, 4.69) is 26.7 Å². The van der Waals surface area contributed by atoms with E-state index in [0.29, 0.717) is 12.2 Å². The van der Waals surface area contributed by atoms with Crippen LogP contribution in [-0.2, 0) is 17.8 Å². The molecule has 1 aromatic heterocycles. The van der Waals surface area contributed by atoms with Crippen LogP contribution in [0.3, 0.4) is 0 Å². The topological polar surface area (TPSA) is 66.3 Å². The van der Waals surface area contributed by atoms with Gasteiger partial charge < -0.3 is 5.11 Å². The van der Waals surface area contributed by atoms with E-state index in [4.69, 9.17) is 5.11 Å². The molecule has 2 aromatic rings. The van der Waals surface area contributed by atoms with Crippen LogP contribution in [-0.4, -0.2) is 39.0 Å². The summed E-state index contributed by atoms with van der Waals surface area (Å²) < 4.78 is 0. The number of hydrogen-bond acceptors (Lipinski definition) is 4. The monoisotopic (exact) mass is 321 g/mol. The maximum absolute atomic E-state index is 10.6. The first kappa shape index (κ1) is 16.2. The van der Waals surface area contributed by atoms with Crippen molar-refractivity contribution in [3.8, 4) is 11.8 Å². The van der Waals surface area contributed by atoms with E-state index in [9.17, 15) is 4.79 Å². The summed E-state index contributed by atoms with van der Waals surface area (Å²) in [5, 5.41) is 8.71. The Morgan fingerprint density at radius 2 is 2.08 bits per heavy atom. The van der Waals surface area contributed by atoms with Crippen molar-refractivity contribution in [3.63, 3.8) is 0 Å². The van der Waals surface area contributed by atoms with Crippen molar-refractivity contribution in [1.82, 2.24) is 14.9 Å². The minimum absolute atomic E-state index is 0.216.